The Morgan fingerprint density at radius 1 is 1.33 bits per heavy atom. The van der Waals surface area contributed by atoms with Crippen LogP contribution in [0.15, 0.2) is 30.3 Å². The summed E-state index contributed by atoms with van der Waals surface area (Å²) >= 11 is 0. The minimum Gasteiger partial charge on any atom is -0.480 e. The Morgan fingerprint density at radius 3 is 2.47 bits per heavy atom. The molecule has 1 aliphatic heterocycles. The third kappa shape index (κ3) is 1.42. The molecule has 4 heteroatoms. The van der Waals surface area contributed by atoms with Crippen LogP contribution >= 0.6 is 0 Å². The molecular weight excluding hydrogens is 194 g/mol. The highest BCUT2D eigenvalue weighted by Crippen LogP contribution is 2.37. The summed E-state index contributed by atoms with van der Waals surface area (Å²) in [5.74, 6) is -0.992. The van der Waals surface area contributed by atoms with Crippen LogP contribution in [0.2, 0.25) is 0 Å². The average Bonchev–Trinajstić information content (AvgIpc) is 2.62. The molecule has 4 nitrogen and oxygen atoms in total. The van der Waals surface area contributed by atoms with Gasteiger partial charge < -0.3 is 10.3 Å². The standard InChI is InChI=1S/C11H13NO3/c13-10(14)11(7-4-8-12(11)15)9-5-2-1-3-6-9/h1-3,5-6,15H,4,7-8H2,(H,13,14). The van der Waals surface area contributed by atoms with Crippen LogP contribution < -0.4 is 0 Å². The van der Waals surface area contributed by atoms with Gasteiger partial charge in [-0.05, 0) is 18.4 Å². The Balaban J connectivity index is 2.49. The largest absolute Gasteiger partial charge is 0.480 e. The van der Waals surface area contributed by atoms with Gasteiger partial charge in [-0.3, -0.25) is 0 Å². The van der Waals surface area contributed by atoms with E-state index < -0.39 is 11.5 Å². The number of hydrogen-bond acceptors (Lipinski definition) is 3. The van der Waals surface area contributed by atoms with Crippen molar-refractivity contribution in [2.45, 2.75) is 18.4 Å². The second-order valence-electron chi connectivity index (χ2n) is 3.76. The summed E-state index contributed by atoms with van der Waals surface area (Å²) in [6.07, 6.45) is 1.14. The smallest absolute Gasteiger partial charge is 0.331 e. The number of hydrogen-bond donors (Lipinski definition) is 2. The maximum atomic E-state index is 11.3. The number of carboxylic acid groups (broad SMARTS) is 1. The van der Waals surface area contributed by atoms with Gasteiger partial charge in [-0.25, -0.2) is 4.79 Å². The molecule has 0 aromatic heterocycles. The van der Waals surface area contributed by atoms with Crippen molar-refractivity contribution in [3.8, 4) is 0 Å². The minimum absolute atomic E-state index is 0.404. The van der Waals surface area contributed by atoms with Gasteiger partial charge in [0.15, 0.2) is 5.54 Å². The number of nitrogens with zero attached hydrogens (tertiary/aromatic N) is 1. The summed E-state index contributed by atoms with van der Waals surface area (Å²) in [4.78, 5) is 11.3. The fraction of sp³-hybridized carbons (Fsp3) is 0.364. The number of rotatable bonds is 2. The molecule has 0 saturated carbocycles. The monoisotopic (exact) mass is 207 g/mol. The van der Waals surface area contributed by atoms with Crippen molar-refractivity contribution in [3.63, 3.8) is 0 Å². The van der Waals surface area contributed by atoms with Crippen molar-refractivity contribution in [1.82, 2.24) is 5.06 Å². The van der Waals surface area contributed by atoms with Crippen molar-refractivity contribution in [2.24, 2.45) is 0 Å². The van der Waals surface area contributed by atoms with E-state index in [1.165, 1.54) is 0 Å². The van der Waals surface area contributed by atoms with Crippen molar-refractivity contribution in [3.05, 3.63) is 35.9 Å². The predicted molar refractivity (Wildman–Crippen MR) is 53.5 cm³/mol. The van der Waals surface area contributed by atoms with Gasteiger partial charge in [0.1, 0.15) is 0 Å². The Morgan fingerprint density at radius 2 is 2.00 bits per heavy atom. The molecule has 1 heterocycles. The highest BCUT2D eigenvalue weighted by atomic mass is 16.5. The molecule has 2 N–H and O–H groups in total. The van der Waals surface area contributed by atoms with Crippen LogP contribution in [0, 0.1) is 0 Å². The zero-order valence-electron chi connectivity index (χ0n) is 8.26. The minimum atomic E-state index is -1.25. The van der Waals surface area contributed by atoms with Gasteiger partial charge in [0.2, 0.25) is 0 Å². The van der Waals surface area contributed by atoms with Gasteiger partial charge in [-0.1, -0.05) is 30.3 Å². The van der Waals surface area contributed by atoms with Crippen LogP contribution in [0.25, 0.3) is 0 Å². The van der Waals surface area contributed by atoms with Crippen molar-refractivity contribution in [1.29, 1.82) is 0 Å². The normalized spacial score (nSPS) is 26.7. The van der Waals surface area contributed by atoms with E-state index in [1.54, 1.807) is 24.3 Å². The lowest BCUT2D eigenvalue weighted by atomic mass is 9.88. The Hall–Kier alpha value is -1.39. The molecule has 1 unspecified atom stereocenters. The average molecular weight is 207 g/mol. The molecule has 1 aromatic carbocycles. The molecular formula is C11H13NO3. The van der Waals surface area contributed by atoms with Gasteiger partial charge in [0.25, 0.3) is 0 Å². The molecule has 0 bridgehead atoms. The lowest BCUT2D eigenvalue weighted by molar-refractivity contribution is -0.187. The van der Waals surface area contributed by atoms with E-state index in [9.17, 15) is 15.1 Å². The topological polar surface area (TPSA) is 60.8 Å². The van der Waals surface area contributed by atoms with Crippen LogP contribution in [0.3, 0.4) is 0 Å². The molecule has 0 spiro atoms. The molecule has 2 rings (SSSR count). The van der Waals surface area contributed by atoms with E-state index in [0.29, 0.717) is 24.9 Å². The first-order chi connectivity index (χ1) is 7.18. The Kier molecular flexibility index (Phi) is 2.46. The van der Waals surface area contributed by atoms with Gasteiger partial charge in [-0.15, -0.1) is 0 Å². The van der Waals surface area contributed by atoms with Crippen LogP contribution in [0.5, 0.6) is 0 Å². The third-order valence-electron chi connectivity index (χ3n) is 2.95. The number of hydroxylamine groups is 2. The summed E-state index contributed by atoms with van der Waals surface area (Å²) in [5, 5.41) is 19.9. The van der Waals surface area contributed by atoms with E-state index in [-0.39, 0.29) is 0 Å². The summed E-state index contributed by atoms with van der Waals surface area (Å²) in [6, 6.07) is 8.87. The molecule has 0 aliphatic carbocycles. The van der Waals surface area contributed by atoms with E-state index in [1.807, 2.05) is 6.07 Å². The number of benzene rings is 1. The molecule has 80 valence electrons. The molecule has 1 atom stereocenters. The zero-order chi connectivity index (χ0) is 10.9. The van der Waals surface area contributed by atoms with Crippen LogP contribution in [0.1, 0.15) is 18.4 Å². The quantitative estimate of drug-likeness (QED) is 0.770. The fourth-order valence-electron chi connectivity index (χ4n) is 2.15. The lowest BCUT2D eigenvalue weighted by Gasteiger charge is -2.30. The van der Waals surface area contributed by atoms with Crippen LogP contribution in [0.4, 0.5) is 0 Å². The third-order valence-corrected chi connectivity index (χ3v) is 2.95. The molecule has 1 fully saturated rings. The molecule has 1 saturated heterocycles. The highest BCUT2D eigenvalue weighted by molar-refractivity contribution is 5.81. The molecule has 0 radical (unpaired) electrons. The van der Waals surface area contributed by atoms with Crippen molar-refractivity contribution >= 4 is 5.97 Å². The summed E-state index contributed by atoms with van der Waals surface area (Å²) < 4.78 is 0. The number of aliphatic carboxylic acids is 1. The molecule has 15 heavy (non-hydrogen) atoms. The first-order valence-corrected chi connectivity index (χ1v) is 4.93. The Labute approximate surface area is 87.7 Å². The molecule has 1 aromatic rings. The summed E-state index contributed by atoms with van der Waals surface area (Å²) in [6.45, 7) is 0.404. The maximum absolute atomic E-state index is 11.3. The number of carbonyl (C=O) groups is 1. The second kappa shape index (κ2) is 3.64. The predicted octanol–water partition coefficient (Wildman–Crippen LogP) is 1.45. The molecule has 1 aliphatic rings. The maximum Gasteiger partial charge on any atom is 0.331 e. The van der Waals surface area contributed by atoms with Gasteiger partial charge >= 0.3 is 5.97 Å². The van der Waals surface area contributed by atoms with Crippen LogP contribution in [-0.2, 0) is 10.3 Å². The molecule has 0 amide bonds. The second-order valence-corrected chi connectivity index (χ2v) is 3.76. The van der Waals surface area contributed by atoms with Gasteiger partial charge in [0, 0.05) is 6.54 Å². The van der Waals surface area contributed by atoms with E-state index in [2.05, 4.69) is 0 Å². The first-order valence-electron chi connectivity index (χ1n) is 4.93. The van der Waals surface area contributed by atoms with E-state index >= 15 is 0 Å². The summed E-state index contributed by atoms with van der Waals surface area (Å²) in [5.41, 5.74) is -0.612. The highest BCUT2D eigenvalue weighted by Gasteiger charge is 2.49. The zero-order valence-corrected chi connectivity index (χ0v) is 8.26. The van der Waals surface area contributed by atoms with Crippen molar-refractivity contribution < 1.29 is 15.1 Å². The van der Waals surface area contributed by atoms with E-state index in [0.717, 1.165) is 5.06 Å². The Bertz CT molecular complexity index is 365. The van der Waals surface area contributed by atoms with E-state index in [4.69, 9.17) is 0 Å². The fourth-order valence-corrected chi connectivity index (χ4v) is 2.15. The van der Waals surface area contributed by atoms with Crippen LogP contribution in [-0.4, -0.2) is 27.9 Å². The first kappa shape index (κ1) is 10.1. The van der Waals surface area contributed by atoms with Crippen molar-refractivity contribution in [2.75, 3.05) is 6.54 Å². The summed E-state index contributed by atoms with van der Waals surface area (Å²) in [7, 11) is 0. The van der Waals surface area contributed by atoms with Gasteiger partial charge in [0.05, 0.1) is 0 Å². The SMILES string of the molecule is O=C(O)C1(c2ccccc2)CCCN1O. The number of carboxylic acids is 1. The lowest BCUT2D eigenvalue weighted by Crippen LogP contribution is -2.46. The van der Waals surface area contributed by atoms with Gasteiger partial charge in [-0.2, -0.15) is 5.06 Å².